The maximum Gasteiger partial charge on any atom is 0.0723 e. The fourth-order valence-corrected chi connectivity index (χ4v) is 4.09. The van der Waals surface area contributed by atoms with Crippen LogP contribution in [-0.2, 0) is 0 Å². The van der Waals surface area contributed by atoms with E-state index in [9.17, 15) is 0 Å². The predicted octanol–water partition coefficient (Wildman–Crippen LogP) is 7.13. The molecular formula is C22H12Br2N2. The maximum absolute atomic E-state index is 4.95. The number of hydrogen-bond acceptors (Lipinski definition) is 2. The Balaban J connectivity index is 1.96. The average Bonchev–Trinajstić information content (AvgIpc) is 2.66. The molecule has 0 fully saturated rings. The number of benzene rings is 3. The zero-order valence-corrected chi connectivity index (χ0v) is 16.8. The molecule has 4 heteroatoms. The molecule has 0 atom stereocenters. The highest BCUT2D eigenvalue weighted by molar-refractivity contribution is 9.10. The third-order valence-electron chi connectivity index (χ3n) is 4.55. The summed E-state index contributed by atoms with van der Waals surface area (Å²) in [7, 11) is 0. The summed E-state index contributed by atoms with van der Waals surface area (Å²) >= 11 is 7.20. The molecule has 26 heavy (non-hydrogen) atoms. The normalized spacial score (nSPS) is 11.5. The van der Waals surface area contributed by atoms with Crippen molar-refractivity contribution in [3.63, 3.8) is 0 Å². The minimum Gasteiger partial charge on any atom is -0.248 e. The molecule has 0 unspecified atom stereocenters. The molecule has 0 N–H and O–H groups in total. The first-order chi connectivity index (χ1) is 12.7. The van der Waals surface area contributed by atoms with E-state index in [1.165, 1.54) is 0 Å². The quantitative estimate of drug-likeness (QED) is 0.247. The van der Waals surface area contributed by atoms with E-state index in [1.807, 2.05) is 36.4 Å². The van der Waals surface area contributed by atoms with E-state index in [0.29, 0.717) is 0 Å². The van der Waals surface area contributed by atoms with Crippen LogP contribution in [0.1, 0.15) is 0 Å². The highest BCUT2D eigenvalue weighted by Crippen LogP contribution is 2.36. The zero-order chi connectivity index (χ0) is 17.7. The number of halogens is 2. The Morgan fingerprint density at radius 1 is 0.577 bits per heavy atom. The van der Waals surface area contributed by atoms with Crippen LogP contribution in [0.4, 0.5) is 0 Å². The third-order valence-corrected chi connectivity index (χ3v) is 5.54. The largest absolute Gasteiger partial charge is 0.248 e. The van der Waals surface area contributed by atoms with Gasteiger partial charge in [0.05, 0.1) is 22.2 Å². The molecule has 124 valence electrons. The summed E-state index contributed by atoms with van der Waals surface area (Å²) in [5.74, 6) is 0. The van der Waals surface area contributed by atoms with Gasteiger partial charge in [-0.3, -0.25) is 0 Å². The molecule has 0 amide bonds. The van der Waals surface area contributed by atoms with E-state index in [1.54, 1.807) is 0 Å². The monoisotopic (exact) mass is 462 g/mol. The van der Waals surface area contributed by atoms with Crippen LogP contribution < -0.4 is 0 Å². The molecule has 2 nitrogen and oxygen atoms in total. The highest BCUT2D eigenvalue weighted by Gasteiger charge is 2.13. The van der Waals surface area contributed by atoms with E-state index in [-0.39, 0.29) is 0 Å². The van der Waals surface area contributed by atoms with Gasteiger partial charge in [0.25, 0.3) is 0 Å². The van der Waals surface area contributed by atoms with Crippen LogP contribution in [0.5, 0.6) is 0 Å². The van der Waals surface area contributed by atoms with Crippen LogP contribution in [0.3, 0.4) is 0 Å². The molecule has 0 spiro atoms. The minimum absolute atomic E-state index is 0.956. The van der Waals surface area contributed by atoms with E-state index in [4.69, 9.17) is 9.97 Å². The van der Waals surface area contributed by atoms with Crippen molar-refractivity contribution < 1.29 is 0 Å². The first-order valence-corrected chi connectivity index (χ1v) is 9.82. The summed E-state index contributed by atoms with van der Waals surface area (Å²) in [5.41, 5.74) is 4.99. The third kappa shape index (κ3) is 2.61. The number of hydrogen-bond donors (Lipinski definition) is 0. The second-order valence-electron chi connectivity index (χ2n) is 6.20. The van der Waals surface area contributed by atoms with Gasteiger partial charge >= 0.3 is 0 Å². The molecule has 5 aromatic rings. The topological polar surface area (TPSA) is 25.8 Å². The Hall–Kier alpha value is -2.30. The van der Waals surface area contributed by atoms with Gasteiger partial charge in [-0.25, -0.2) is 9.97 Å². The minimum atomic E-state index is 0.956. The lowest BCUT2D eigenvalue weighted by molar-refractivity contribution is 1.40. The summed E-state index contributed by atoms with van der Waals surface area (Å²) in [5, 5.41) is 3.32. The van der Waals surface area contributed by atoms with Crippen molar-refractivity contribution >= 4 is 64.6 Å². The summed E-state index contributed by atoms with van der Waals surface area (Å²) in [6, 6.07) is 24.8. The Morgan fingerprint density at radius 2 is 1.23 bits per heavy atom. The second-order valence-corrected chi connectivity index (χ2v) is 8.03. The van der Waals surface area contributed by atoms with E-state index >= 15 is 0 Å². The number of rotatable bonds is 1. The van der Waals surface area contributed by atoms with Gasteiger partial charge < -0.3 is 0 Å². The molecule has 0 aliphatic heterocycles. The van der Waals surface area contributed by atoms with Gasteiger partial charge in [0.15, 0.2) is 0 Å². The first kappa shape index (κ1) is 15.9. The standard InChI is InChI=1S/C22H12Br2N2/c23-14-6-9-19-16(11-14)22(17-12-15(24)7-10-20(17)26-19)21-8-5-13-3-1-2-4-18(13)25-21/h1-12H. The summed E-state index contributed by atoms with van der Waals surface area (Å²) < 4.78 is 2.06. The highest BCUT2D eigenvalue weighted by atomic mass is 79.9. The van der Waals surface area contributed by atoms with Crippen LogP contribution in [0.25, 0.3) is 44.0 Å². The molecule has 5 rings (SSSR count). The Bertz CT molecular complexity index is 1250. The van der Waals surface area contributed by atoms with Crippen molar-refractivity contribution in [3.05, 3.63) is 81.7 Å². The molecule has 0 radical (unpaired) electrons. The maximum atomic E-state index is 4.95. The number of para-hydroxylation sites is 1. The van der Waals surface area contributed by atoms with E-state index < -0.39 is 0 Å². The number of aromatic nitrogens is 2. The van der Waals surface area contributed by atoms with Gasteiger partial charge in [-0.2, -0.15) is 0 Å². The number of pyridine rings is 2. The molecule has 0 bridgehead atoms. The van der Waals surface area contributed by atoms with Crippen LogP contribution in [-0.4, -0.2) is 9.97 Å². The molecule has 0 aliphatic rings. The summed E-state index contributed by atoms with van der Waals surface area (Å²) in [6.07, 6.45) is 0. The Kier molecular flexibility index (Phi) is 3.76. The first-order valence-electron chi connectivity index (χ1n) is 8.24. The van der Waals surface area contributed by atoms with E-state index in [2.05, 4.69) is 68.3 Å². The molecule has 0 aliphatic carbocycles. The lowest BCUT2D eigenvalue weighted by atomic mass is 9.99. The van der Waals surface area contributed by atoms with Gasteiger partial charge in [0.2, 0.25) is 0 Å². The van der Waals surface area contributed by atoms with Crippen molar-refractivity contribution in [1.29, 1.82) is 0 Å². The molecule has 0 saturated heterocycles. The van der Waals surface area contributed by atoms with Crippen molar-refractivity contribution in [1.82, 2.24) is 9.97 Å². The van der Waals surface area contributed by atoms with Crippen molar-refractivity contribution in [2.24, 2.45) is 0 Å². The van der Waals surface area contributed by atoms with Gasteiger partial charge in [-0.05, 0) is 48.5 Å². The fourth-order valence-electron chi connectivity index (χ4n) is 3.37. The van der Waals surface area contributed by atoms with Gasteiger partial charge in [-0.15, -0.1) is 0 Å². The average molecular weight is 464 g/mol. The SMILES string of the molecule is Brc1ccc2nc3ccc(Br)cc3c(-c3ccc4ccccc4n3)c2c1. The summed E-state index contributed by atoms with van der Waals surface area (Å²) in [4.78, 5) is 9.79. The van der Waals surface area contributed by atoms with Crippen molar-refractivity contribution in [2.75, 3.05) is 0 Å². The van der Waals surface area contributed by atoms with Crippen LogP contribution in [0.2, 0.25) is 0 Å². The summed E-state index contributed by atoms with van der Waals surface area (Å²) in [6.45, 7) is 0. The number of nitrogens with zero attached hydrogens (tertiary/aromatic N) is 2. The lowest BCUT2D eigenvalue weighted by Crippen LogP contribution is -1.92. The Morgan fingerprint density at radius 3 is 1.92 bits per heavy atom. The fraction of sp³-hybridized carbons (Fsp3) is 0. The smallest absolute Gasteiger partial charge is 0.0723 e. The van der Waals surface area contributed by atoms with Crippen molar-refractivity contribution in [3.8, 4) is 11.3 Å². The molecule has 2 aromatic heterocycles. The van der Waals surface area contributed by atoms with Crippen molar-refractivity contribution in [2.45, 2.75) is 0 Å². The zero-order valence-electron chi connectivity index (χ0n) is 13.6. The second kappa shape index (κ2) is 6.15. The van der Waals surface area contributed by atoms with Gasteiger partial charge in [0, 0.05) is 30.7 Å². The lowest BCUT2D eigenvalue weighted by Gasteiger charge is -2.12. The number of fused-ring (bicyclic) bond motifs is 3. The van der Waals surface area contributed by atoms with Crippen LogP contribution >= 0.6 is 31.9 Å². The van der Waals surface area contributed by atoms with Crippen LogP contribution in [0, 0.1) is 0 Å². The molecule has 3 aromatic carbocycles. The molecule has 2 heterocycles. The predicted molar refractivity (Wildman–Crippen MR) is 115 cm³/mol. The van der Waals surface area contributed by atoms with Crippen LogP contribution in [0.15, 0.2) is 81.7 Å². The molecular weight excluding hydrogens is 452 g/mol. The van der Waals surface area contributed by atoms with Gasteiger partial charge in [0.1, 0.15) is 0 Å². The van der Waals surface area contributed by atoms with Gasteiger partial charge in [-0.1, -0.05) is 56.1 Å². The molecule has 0 saturated carbocycles. The Labute approximate surface area is 167 Å². The van der Waals surface area contributed by atoms with E-state index in [0.717, 1.165) is 52.9 Å².